The second-order valence-electron chi connectivity index (χ2n) is 4.26. The van der Waals surface area contributed by atoms with Crippen molar-refractivity contribution in [3.8, 4) is 0 Å². The van der Waals surface area contributed by atoms with Gasteiger partial charge in [-0.15, -0.1) is 0 Å². The van der Waals surface area contributed by atoms with Crippen molar-refractivity contribution in [3.05, 3.63) is 29.8 Å². The molecule has 0 bridgehead atoms. The van der Waals surface area contributed by atoms with Gasteiger partial charge in [0.25, 0.3) is 0 Å². The molecule has 0 fully saturated rings. The molecule has 2 heteroatoms. The summed E-state index contributed by atoms with van der Waals surface area (Å²) in [5, 5.41) is 0. The Labute approximate surface area is 86.7 Å². The Balaban J connectivity index is 2.93. The summed E-state index contributed by atoms with van der Waals surface area (Å²) in [7, 11) is 4.08. The van der Waals surface area contributed by atoms with Crippen molar-refractivity contribution in [1.29, 1.82) is 0 Å². The first-order valence-electron chi connectivity index (χ1n) is 5.05. The van der Waals surface area contributed by atoms with Crippen LogP contribution in [-0.4, -0.2) is 14.1 Å². The quantitative estimate of drug-likeness (QED) is 0.797. The summed E-state index contributed by atoms with van der Waals surface area (Å²) < 4.78 is 0. The lowest BCUT2D eigenvalue weighted by Gasteiger charge is -2.19. The first kappa shape index (κ1) is 11.1. The average molecular weight is 192 g/mol. The van der Waals surface area contributed by atoms with Gasteiger partial charge in [0.2, 0.25) is 0 Å². The largest absolute Gasteiger partial charge is 0.378 e. The smallest absolute Gasteiger partial charge is 0.0364 e. The highest BCUT2D eigenvalue weighted by atomic mass is 15.1. The molecule has 1 atom stereocenters. The zero-order chi connectivity index (χ0) is 10.7. The number of hydrogen-bond donors (Lipinski definition) is 1. The highest BCUT2D eigenvalue weighted by molar-refractivity contribution is 5.47. The Morgan fingerprint density at radius 2 is 1.86 bits per heavy atom. The molecule has 14 heavy (non-hydrogen) atoms. The average Bonchev–Trinajstić information content (AvgIpc) is 2.16. The molecule has 78 valence electrons. The molecule has 0 saturated carbocycles. The van der Waals surface area contributed by atoms with Crippen LogP contribution in [0.2, 0.25) is 0 Å². The van der Waals surface area contributed by atoms with Gasteiger partial charge >= 0.3 is 0 Å². The zero-order valence-electron chi connectivity index (χ0n) is 9.49. The van der Waals surface area contributed by atoms with Crippen LogP contribution >= 0.6 is 0 Å². The van der Waals surface area contributed by atoms with Crippen LogP contribution < -0.4 is 10.6 Å². The fraction of sp³-hybridized carbons (Fsp3) is 0.500. The summed E-state index contributed by atoms with van der Waals surface area (Å²) >= 11 is 0. The summed E-state index contributed by atoms with van der Waals surface area (Å²) in [5.41, 5.74) is 8.51. The van der Waals surface area contributed by atoms with Crippen LogP contribution in [0.15, 0.2) is 24.3 Å². The number of nitrogens with two attached hydrogens (primary N) is 1. The molecular weight excluding hydrogens is 172 g/mol. The van der Waals surface area contributed by atoms with E-state index in [9.17, 15) is 0 Å². The van der Waals surface area contributed by atoms with E-state index in [0.717, 1.165) is 0 Å². The maximum Gasteiger partial charge on any atom is 0.0364 e. The summed E-state index contributed by atoms with van der Waals surface area (Å²) in [6.07, 6.45) is 0. The molecule has 1 unspecified atom stereocenters. The third-order valence-corrected chi connectivity index (χ3v) is 2.49. The molecule has 0 aliphatic carbocycles. The van der Waals surface area contributed by atoms with Crippen LogP contribution in [0.5, 0.6) is 0 Å². The second-order valence-corrected chi connectivity index (χ2v) is 4.26. The van der Waals surface area contributed by atoms with E-state index in [1.807, 2.05) is 14.1 Å². The maximum absolute atomic E-state index is 6.09. The van der Waals surface area contributed by atoms with Gasteiger partial charge in [-0.1, -0.05) is 26.0 Å². The number of nitrogens with zero attached hydrogens (tertiary/aromatic N) is 1. The van der Waals surface area contributed by atoms with Crippen LogP contribution in [0.1, 0.15) is 25.5 Å². The van der Waals surface area contributed by atoms with Gasteiger partial charge in [0, 0.05) is 25.8 Å². The van der Waals surface area contributed by atoms with Gasteiger partial charge in [-0.05, 0) is 23.6 Å². The highest BCUT2D eigenvalue weighted by Gasteiger charge is 2.10. The Morgan fingerprint density at radius 3 is 2.36 bits per heavy atom. The van der Waals surface area contributed by atoms with Gasteiger partial charge in [0.15, 0.2) is 0 Å². The first-order valence-corrected chi connectivity index (χ1v) is 5.05. The van der Waals surface area contributed by atoms with Gasteiger partial charge in [0.05, 0.1) is 0 Å². The van der Waals surface area contributed by atoms with Crippen LogP contribution in [-0.2, 0) is 0 Å². The molecule has 0 heterocycles. The van der Waals surface area contributed by atoms with Gasteiger partial charge in [-0.25, -0.2) is 0 Å². The molecule has 0 radical (unpaired) electrons. The van der Waals surface area contributed by atoms with Crippen molar-refractivity contribution in [3.63, 3.8) is 0 Å². The number of hydrogen-bond acceptors (Lipinski definition) is 2. The van der Waals surface area contributed by atoms with E-state index in [0.29, 0.717) is 5.92 Å². The molecule has 2 nitrogen and oxygen atoms in total. The number of anilines is 1. The van der Waals surface area contributed by atoms with Gasteiger partial charge in [0.1, 0.15) is 0 Å². The Kier molecular flexibility index (Phi) is 3.53. The number of rotatable bonds is 3. The van der Waals surface area contributed by atoms with E-state index in [1.165, 1.54) is 11.3 Å². The summed E-state index contributed by atoms with van der Waals surface area (Å²) in [6, 6.07) is 8.54. The fourth-order valence-electron chi connectivity index (χ4n) is 1.40. The molecule has 0 aromatic heterocycles. The Bertz CT molecular complexity index is 292. The van der Waals surface area contributed by atoms with E-state index in [4.69, 9.17) is 5.73 Å². The minimum Gasteiger partial charge on any atom is -0.378 e. The standard InChI is InChI=1S/C12H20N2/c1-9(2)12(13)10-6-5-7-11(8-10)14(3)4/h5-9,12H,13H2,1-4H3. The van der Waals surface area contributed by atoms with Crippen molar-refractivity contribution in [2.45, 2.75) is 19.9 Å². The molecule has 0 amide bonds. The van der Waals surface area contributed by atoms with Crippen LogP contribution in [0.25, 0.3) is 0 Å². The minimum absolute atomic E-state index is 0.134. The van der Waals surface area contributed by atoms with E-state index >= 15 is 0 Å². The van der Waals surface area contributed by atoms with Crippen molar-refractivity contribution in [2.75, 3.05) is 19.0 Å². The van der Waals surface area contributed by atoms with Crippen molar-refractivity contribution in [1.82, 2.24) is 0 Å². The lowest BCUT2D eigenvalue weighted by Crippen LogP contribution is -2.17. The maximum atomic E-state index is 6.09. The minimum atomic E-state index is 0.134. The van der Waals surface area contributed by atoms with E-state index in [2.05, 4.69) is 43.0 Å². The third-order valence-electron chi connectivity index (χ3n) is 2.49. The topological polar surface area (TPSA) is 29.3 Å². The molecular formula is C12H20N2. The highest BCUT2D eigenvalue weighted by Crippen LogP contribution is 2.22. The van der Waals surface area contributed by atoms with Crippen LogP contribution in [0.3, 0.4) is 0 Å². The predicted octanol–water partition coefficient (Wildman–Crippen LogP) is 2.41. The Hall–Kier alpha value is -1.02. The summed E-state index contributed by atoms with van der Waals surface area (Å²) in [4.78, 5) is 2.09. The van der Waals surface area contributed by atoms with E-state index in [-0.39, 0.29) is 6.04 Å². The molecule has 2 N–H and O–H groups in total. The van der Waals surface area contributed by atoms with Crippen molar-refractivity contribution < 1.29 is 0 Å². The first-order chi connectivity index (χ1) is 6.52. The normalized spacial score (nSPS) is 13.0. The summed E-state index contributed by atoms with van der Waals surface area (Å²) in [6.45, 7) is 4.29. The van der Waals surface area contributed by atoms with Gasteiger partial charge in [-0.3, -0.25) is 0 Å². The molecule has 0 spiro atoms. The molecule has 1 aromatic carbocycles. The monoisotopic (exact) mass is 192 g/mol. The Morgan fingerprint density at radius 1 is 1.21 bits per heavy atom. The van der Waals surface area contributed by atoms with E-state index < -0.39 is 0 Å². The third kappa shape index (κ3) is 2.48. The van der Waals surface area contributed by atoms with Gasteiger partial charge < -0.3 is 10.6 Å². The van der Waals surface area contributed by atoms with Crippen LogP contribution in [0.4, 0.5) is 5.69 Å². The van der Waals surface area contributed by atoms with Gasteiger partial charge in [-0.2, -0.15) is 0 Å². The predicted molar refractivity (Wildman–Crippen MR) is 62.5 cm³/mol. The lowest BCUT2D eigenvalue weighted by atomic mass is 9.97. The SMILES string of the molecule is CC(C)C(N)c1cccc(N(C)C)c1. The van der Waals surface area contributed by atoms with E-state index in [1.54, 1.807) is 0 Å². The fourth-order valence-corrected chi connectivity index (χ4v) is 1.40. The molecule has 0 saturated heterocycles. The van der Waals surface area contributed by atoms with Crippen molar-refractivity contribution >= 4 is 5.69 Å². The van der Waals surface area contributed by atoms with Crippen molar-refractivity contribution in [2.24, 2.45) is 11.7 Å². The van der Waals surface area contributed by atoms with Crippen LogP contribution in [0, 0.1) is 5.92 Å². The molecule has 0 aliphatic rings. The second kappa shape index (κ2) is 4.47. The summed E-state index contributed by atoms with van der Waals surface area (Å²) in [5.74, 6) is 0.479. The molecule has 1 aromatic rings. The lowest BCUT2D eigenvalue weighted by molar-refractivity contribution is 0.514. The molecule has 0 aliphatic heterocycles. The molecule has 1 rings (SSSR count). The number of benzene rings is 1. The zero-order valence-corrected chi connectivity index (χ0v) is 9.49.